The van der Waals surface area contributed by atoms with Crippen LogP contribution in [-0.4, -0.2) is 12.6 Å². The second-order valence-electron chi connectivity index (χ2n) is 3.61. The van der Waals surface area contributed by atoms with Gasteiger partial charge < -0.3 is 9.32 Å². The third-order valence-electron chi connectivity index (χ3n) is 2.17. The molecule has 70 valence electrons. The van der Waals surface area contributed by atoms with Crippen LogP contribution < -0.4 is 4.90 Å². The highest BCUT2D eigenvalue weighted by atomic mass is 16.4. The van der Waals surface area contributed by atoms with Gasteiger partial charge in [-0.3, -0.25) is 0 Å². The van der Waals surface area contributed by atoms with Crippen LogP contribution in [0.2, 0.25) is 0 Å². The van der Waals surface area contributed by atoms with E-state index in [1.54, 1.807) is 0 Å². The molecule has 0 saturated heterocycles. The Morgan fingerprint density at radius 1 is 1.46 bits per heavy atom. The molecule has 1 aromatic rings. The van der Waals surface area contributed by atoms with Crippen molar-refractivity contribution in [3.8, 4) is 6.07 Å². The van der Waals surface area contributed by atoms with Crippen LogP contribution in [0.5, 0.6) is 0 Å². The van der Waals surface area contributed by atoms with Crippen LogP contribution in [0.1, 0.15) is 19.6 Å². The summed E-state index contributed by atoms with van der Waals surface area (Å²) in [6.07, 6.45) is 0. The van der Waals surface area contributed by atoms with E-state index in [0.717, 1.165) is 11.6 Å². The largest absolute Gasteiger partial charge is 0.446 e. The van der Waals surface area contributed by atoms with Crippen LogP contribution in [0.3, 0.4) is 0 Å². The number of anilines is 1. The summed E-state index contributed by atoms with van der Waals surface area (Å²) in [6, 6.07) is 5.97. The Labute approximate surface area is 78.6 Å². The van der Waals surface area contributed by atoms with Crippen LogP contribution in [-0.2, 0) is 0 Å². The number of hydrogen-bond donors (Lipinski definition) is 0. The Balaban J connectivity index is 2.92. The quantitative estimate of drug-likeness (QED) is 0.697. The summed E-state index contributed by atoms with van der Waals surface area (Å²) in [4.78, 5) is 1.82. The predicted octanol–water partition coefficient (Wildman–Crippen LogP) is 2.33. The molecule has 0 aliphatic rings. The van der Waals surface area contributed by atoms with Gasteiger partial charge in [0.2, 0.25) is 0 Å². The zero-order chi connectivity index (χ0) is 10.1. The summed E-state index contributed by atoms with van der Waals surface area (Å²) in [5.74, 6) is 1.58. The van der Waals surface area contributed by atoms with Crippen LogP contribution in [0.15, 0.2) is 16.5 Å². The molecule has 0 unspecified atom stereocenters. The van der Waals surface area contributed by atoms with Gasteiger partial charge in [0, 0.05) is 13.1 Å². The smallest absolute Gasteiger partial charge is 0.196 e. The Kier molecular flexibility index (Phi) is 2.33. The monoisotopic (exact) mass is 178 g/mol. The summed E-state index contributed by atoms with van der Waals surface area (Å²) in [6.45, 7) is 5.59. The fraction of sp³-hybridized carbons (Fsp3) is 0.500. The fourth-order valence-electron chi connectivity index (χ4n) is 0.952. The third kappa shape index (κ3) is 1.83. The number of nitriles is 1. The van der Waals surface area contributed by atoms with Crippen LogP contribution in [0.4, 0.5) is 5.88 Å². The van der Waals surface area contributed by atoms with Gasteiger partial charge in [-0.1, -0.05) is 0 Å². The van der Waals surface area contributed by atoms with Crippen LogP contribution in [0.25, 0.3) is 0 Å². The van der Waals surface area contributed by atoms with Gasteiger partial charge in [0.1, 0.15) is 11.3 Å². The lowest BCUT2D eigenvalue weighted by Gasteiger charge is -2.28. The Bertz CT molecular complexity index is 333. The third-order valence-corrected chi connectivity index (χ3v) is 2.17. The Morgan fingerprint density at radius 3 is 2.46 bits per heavy atom. The van der Waals surface area contributed by atoms with E-state index in [4.69, 9.17) is 9.68 Å². The molecule has 1 rings (SSSR count). The van der Waals surface area contributed by atoms with Crippen molar-refractivity contribution in [1.29, 1.82) is 5.26 Å². The van der Waals surface area contributed by atoms with Gasteiger partial charge in [-0.05, 0) is 26.8 Å². The highest BCUT2D eigenvalue weighted by Gasteiger charge is 2.24. The molecule has 0 aliphatic heterocycles. The maximum Gasteiger partial charge on any atom is 0.196 e. The summed E-state index contributed by atoms with van der Waals surface area (Å²) in [7, 11) is 1.85. The van der Waals surface area contributed by atoms with Crippen LogP contribution >= 0.6 is 0 Å². The molecule has 0 aromatic carbocycles. The van der Waals surface area contributed by atoms with Gasteiger partial charge in [0.25, 0.3) is 0 Å². The van der Waals surface area contributed by atoms with Gasteiger partial charge in [-0.15, -0.1) is 0 Å². The molecule has 0 amide bonds. The number of nitrogens with zero attached hydrogens (tertiary/aromatic N) is 2. The lowest BCUT2D eigenvalue weighted by molar-refractivity contribution is 0.489. The first-order valence-corrected chi connectivity index (χ1v) is 4.19. The lowest BCUT2D eigenvalue weighted by Crippen LogP contribution is -2.39. The molecule has 0 radical (unpaired) electrons. The maximum absolute atomic E-state index is 8.90. The summed E-state index contributed by atoms with van der Waals surface area (Å²) < 4.78 is 5.41. The molecular weight excluding hydrogens is 164 g/mol. The van der Waals surface area contributed by atoms with Crippen molar-refractivity contribution in [2.75, 3.05) is 11.9 Å². The van der Waals surface area contributed by atoms with Crippen molar-refractivity contribution >= 4 is 5.88 Å². The summed E-state index contributed by atoms with van der Waals surface area (Å²) >= 11 is 0. The topological polar surface area (TPSA) is 40.2 Å². The van der Waals surface area contributed by atoms with Crippen molar-refractivity contribution in [2.45, 2.75) is 26.3 Å². The molecule has 0 fully saturated rings. The van der Waals surface area contributed by atoms with Crippen LogP contribution in [0, 0.1) is 18.3 Å². The highest BCUT2D eigenvalue weighted by Crippen LogP contribution is 2.23. The number of furan rings is 1. The average Bonchev–Trinajstić information content (AvgIpc) is 2.50. The average molecular weight is 178 g/mol. The molecule has 0 saturated carbocycles. The minimum atomic E-state index is -0.537. The van der Waals surface area contributed by atoms with E-state index < -0.39 is 5.54 Å². The molecule has 1 aromatic heterocycles. The standard InChI is InChI=1S/C10H14N2O/c1-8-5-6-9(13-8)12(4)10(2,3)7-11/h5-6H,1-4H3. The molecule has 0 N–H and O–H groups in total. The maximum atomic E-state index is 8.90. The van der Waals surface area contributed by atoms with Crippen molar-refractivity contribution in [2.24, 2.45) is 0 Å². The van der Waals surface area contributed by atoms with Gasteiger partial charge in [0.05, 0.1) is 6.07 Å². The number of aryl methyl sites for hydroxylation is 1. The van der Waals surface area contributed by atoms with Gasteiger partial charge >= 0.3 is 0 Å². The fourth-order valence-corrected chi connectivity index (χ4v) is 0.952. The number of rotatable bonds is 2. The van der Waals surface area contributed by atoms with Gasteiger partial charge in [-0.2, -0.15) is 5.26 Å². The molecule has 0 atom stereocenters. The predicted molar refractivity (Wildman–Crippen MR) is 51.5 cm³/mol. The molecule has 3 nitrogen and oxygen atoms in total. The highest BCUT2D eigenvalue weighted by molar-refractivity contribution is 5.41. The van der Waals surface area contributed by atoms with Crippen molar-refractivity contribution in [3.63, 3.8) is 0 Å². The lowest BCUT2D eigenvalue weighted by atomic mass is 10.1. The Hall–Kier alpha value is -1.43. The Morgan fingerprint density at radius 2 is 2.08 bits per heavy atom. The SMILES string of the molecule is Cc1ccc(N(C)C(C)(C)C#N)o1. The first-order chi connectivity index (χ1) is 5.97. The zero-order valence-electron chi connectivity index (χ0n) is 8.46. The molecule has 3 heteroatoms. The molecule has 0 aliphatic carbocycles. The van der Waals surface area contributed by atoms with Gasteiger partial charge in [-0.25, -0.2) is 0 Å². The van der Waals surface area contributed by atoms with E-state index in [-0.39, 0.29) is 0 Å². The molecule has 1 heterocycles. The zero-order valence-corrected chi connectivity index (χ0v) is 8.46. The van der Waals surface area contributed by atoms with Gasteiger partial charge in [0.15, 0.2) is 5.88 Å². The van der Waals surface area contributed by atoms with Crippen molar-refractivity contribution < 1.29 is 4.42 Å². The minimum Gasteiger partial charge on any atom is -0.446 e. The minimum absolute atomic E-state index is 0.537. The first-order valence-electron chi connectivity index (χ1n) is 4.19. The van der Waals surface area contributed by atoms with E-state index in [1.165, 1.54) is 0 Å². The van der Waals surface area contributed by atoms with Crippen molar-refractivity contribution in [1.82, 2.24) is 0 Å². The van der Waals surface area contributed by atoms with E-state index in [2.05, 4.69) is 6.07 Å². The number of hydrogen-bond acceptors (Lipinski definition) is 3. The second kappa shape index (κ2) is 3.14. The second-order valence-corrected chi connectivity index (χ2v) is 3.61. The van der Waals surface area contributed by atoms with E-state index in [9.17, 15) is 0 Å². The normalized spacial score (nSPS) is 11.0. The molecule has 0 spiro atoms. The van der Waals surface area contributed by atoms with E-state index in [0.29, 0.717) is 0 Å². The molecule has 13 heavy (non-hydrogen) atoms. The summed E-state index contributed by atoms with van der Waals surface area (Å²) in [5.41, 5.74) is -0.537. The molecular formula is C10H14N2O. The molecule has 0 bridgehead atoms. The summed E-state index contributed by atoms with van der Waals surface area (Å²) in [5, 5.41) is 8.90. The van der Waals surface area contributed by atoms with E-state index in [1.807, 2.05) is 44.9 Å². The van der Waals surface area contributed by atoms with Crippen molar-refractivity contribution in [3.05, 3.63) is 17.9 Å². The first kappa shape index (κ1) is 9.66. The van der Waals surface area contributed by atoms with E-state index >= 15 is 0 Å².